The molecule has 5 heteroatoms. The molecular formula is C16H20Cl2N2O. The molecule has 0 saturated heterocycles. The van der Waals surface area contributed by atoms with Gasteiger partial charge in [0.2, 0.25) is 5.91 Å². The van der Waals surface area contributed by atoms with Crippen LogP contribution in [0.2, 0.25) is 10.0 Å². The summed E-state index contributed by atoms with van der Waals surface area (Å²) in [5, 5.41) is 5.41. The molecule has 0 unspecified atom stereocenters. The SMILES string of the molecule is CCC(=NNC(=O)C1CCCCC1)c1ccc(Cl)cc1Cl. The van der Waals surface area contributed by atoms with Gasteiger partial charge in [-0.15, -0.1) is 0 Å². The van der Waals surface area contributed by atoms with Crippen molar-refractivity contribution in [3.63, 3.8) is 0 Å². The summed E-state index contributed by atoms with van der Waals surface area (Å²) >= 11 is 12.1. The number of hydrazone groups is 1. The summed E-state index contributed by atoms with van der Waals surface area (Å²) in [5.74, 6) is 0.118. The van der Waals surface area contributed by atoms with Gasteiger partial charge in [0, 0.05) is 16.5 Å². The molecule has 2 rings (SSSR count). The minimum Gasteiger partial charge on any atom is -0.273 e. The zero-order chi connectivity index (χ0) is 15.2. The van der Waals surface area contributed by atoms with E-state index >= 15 is 0 Å². The number of rotatable bonds is 4. The van der Waals surface area contributed by atoms with Crippen LogP contribution in [0.15, 0.2) is 23.3 Å². The highest BCUT2D eigenvalue weighted by Crippen LogP contribution is 2.24. The van der Waals surface area contributed by atoms with Gasteiger partial charge in [-0.05, 0) is 31.4 Å². The van der Waals surface area contributed by atoms with Crippen LogP contribution in [-0.4, -0.2) is 11.6 Å². The molecule has 1 aromatic carbocycles. The lowest BCUT2D eigenvalue weighted by Gasteiger charge is -2.19. The number of nitrogens with zero attached hydrogens (tertiary/aromatic N) is 1. The molecule has 1 N–H and O–H groups in total. The van der Waals surface area contributed by atoms with Gasteiger partial charge < -0.3 is 0 Å². The highest BCUT2D eigenvalue weighted by molar-refractivity contribution is 6.37. The molecule has 1 fully saturated rings. The molecule has 0 spiro atoms. The normalized spacial score (nSPS) is 16.8. The predicted molar refractivity (Wildman–Crippen MR) is 88.0 cm³/mol. The van der Waals surface area contributed by atoms with Crippen LogP contribution in [0.1, 0.15) is 51.0 Å². The fourth-order valence-electron chi connectivity index (χ4n) is 2.63. The second-order valence-electron chi connectivity index (χ2n) is 5.35. The van der Waals surface area contributed by atoms with E-state index in [-0.39, 0.29) is 11.8 Å². The Bertz CT molecular complexity index is 537. The van der Waals surface area contributed by atoms with Crippen LogP contribution in [0.3, 0.4) is 0 Å². The molecule has 3 nitrogen and oxygen atoms in total. The third-order valence-corrected chi connectivity index (χ3v) is 4.40. The van der Waals surface area contributed by atoms with Crippen LogP contribution in [-0.2, 0) is 4.79 Å². The Morgan fingerprint density at radius 2 is 2.00 bits per heavy atom. The van der Waals surface area contributed by atoms with Crippen LogP contribution in [0, 0.1) is 5.92 Å². The molecule has 0 atom stereocenters. The zero-order valence-corrected chi connectivity index (χ0v) is 13.7. The maximum atomic E-state index is 12.1. The highest BCUT2D eigenvalue weighted by Gasteiger charge is 2.20. The molecule has 0 aromatic heterocycles. The smallest absolute Gasteiger partial charge is 0.243 e. The molecule has 1 saturated carbocycles. The number of hydrogen-bond donors (Lipinski definition) is 1. The van der Waals surface area contributed by atoms with Crippen LogP contribution in [0.5, 0.6) is 0 Å². The summed E-state index contributed by atoms with van der Waals surface area (Å²) in [6, 6.07) is 5.29. The van der Waals surface area contributed by atoms with Gasteiger partial charge in [0.1, 0.15) is 0 Å². The maximum absolute atomic E-state index is 12.1. The van der Waals surface area contributed by atoms with Crippen LogP contribution in [0.25, 0.3) is 0 Å². The van der Waals surface area contributed by atoms with Crippen LogP contribution in [0.4, 0.5) is 0 Å². The standard InChI is InChI=1S/C16H20Cl2N2O/c1-2-15(13-9-8-12(17)10-14(13)18)19-20-16(21)11-6-4-3-5-7-11/h8-11H,2-7H2,1H3,(H,20,21). The Hall–Kier alpha value is -1.06. The van der Waals surface area contributed by atoms with Crippen molar-refractivity contribution in [3.8, 4) is 0 Å². The van der Waals surface area contributed by atoms with Gasteiger partial charge in [0.15, 0.2) is 0 Å². The molecule has 1 amide bonds. The fourth-order valence-corrected chi connectivity index (χ4v) is 3.15. The molecule has 0 heterocycles. The van der Waals surface area contributed by atoms with Crippen molar-refractivity contribution in [3.05, 3.63) is 33.8 Å². The summed E-state index contributed by atoms with van der Waals surface area (Å²) in [5.41, 5.74) is 4.28. The largest absolute Gasteiger partial charge is 0.273 e. The lowest BCUT2D eigenvalue weighted by atomic mass is 9.89. The van der Waals surface area contributed by atoms with Crippen molar-refractivity contribution < 1.29 is 4.79 Å². The number of halogens is 2. The Morgan fingerprint density at radius 3 is 2.62 bits per heavy atom. The molecule has 21 heavy (non-hydrogen) atoms. The number of benzene rings is 1. The van der Waals surface area contributed by atoms with E-state index in [9.17, 15) is 4.79 Å². The Balaban J connectivity index is 2.07. The molecule has 1 aliphatic carbocycles. The van der Waals surface area contributed by atoms with Crippen molar-refractivity contribution in [1.82, 2.24) is 5.43 Å². The first kappa shape index (κ1) is 16.3. The van der Waals surface area contributed by atoms with E-state index in [1.807, 2.05) is 13.0 Å². The van der Waals surface area contributed by atoms with Gasteiger partial charge in [0.25, 0.3) is 0 Å². The molecule has 0 aliphatic heterocycles. The topological polar surface area (TPSA) is 41.5 Å². The van der Waals surface area contributed by atoms with E-state index in [4.69, 9.17) is 23.2 Å². The van der Waals surface area contributed by atoms with Crippen molar-refractivity contribution in [1.29, 1.82) is 0 Å². The number of nitrogens with one attached hydrogen (secondary N) is 1. The quantitative estimate of drug-likeness (QED) is 0.626. The first-order valence-electron chi connectivity index (χ1n) is 7.43. The third-order valence-electron chi connectivity index (χ3n) is 3.85. The van der Waals surface area contributed by atoms with Gasteiger partial charge in [-0.3, -0.25) is 4.79 Å². The molecule has 1 aromatic rings. The first-order chi connectivity index (χ1) is 10.1. The average Bonchev–Trinajstić information content (AvgIpc) is 2.50. The summed E-state index contributed by atoms with van der Waals surface area (Å²) in [4.78, 5) is 12.1. The van der Waals surface area contributed by atoms with E-state index in [0.29, 0.717) is 16.5 Å². The van der Waals surface area contributed by atoms with Gasteiger partial charge in [-0.2, -0.15) is 5.10 Å². The van der Waals surface area contributed by atoms with E-state index < -0.39 is 0 Å². The highest BCUT2D eigenvalue weighted by atomic mass is 35.5. The van der Waals surface area contributed by atoms with Gasteiger partial charge >= 0.3 is 0 Å². The van der Waals surface area contributed by atoms with Crippen LogP contribution < -0.4 is 5.43 Å². The fraction of sp³-hybridized carbons (Fsp3) is 0.500. The molecule has 0 radical (unpaired) electrons. The Kier molecular flexibility index (Phi) is 6.07. The van der Waals surface area contributed by atoms with Crippen LogP contribution >= 0.6 is 23.2 Å². The molecule has 0 bridgehead atoms. The van der Waals surface area contributed by atoms with Gasteiger partial charge in [-0.1, -0.05) is 55.5 Å². The van der Waals surface area contributed by atoms with Crippen molar-refractivity contribution >= 4 is 34.8 Å². The lowest BCUT2D eigenvalue weighted by molar-refractivity contribution is -0.125. The van der Waals surface area contributed by atoms with Crippen molar-refractivity contribution in [2.45, 2.75) is 45.4 Å². The Morgan fingerprint density at radius 1 is 1.29 bits per heavy atom. The monoisotopic (exact) mass is 326 g/mol. The number of carbonyl (C=O) groups excluding carboxylic acids is 1. The van der Waals surface area contributed by atoms with Crippen molar-refractivity contribution in [2.24, 2.45) is 11.0 Å². The van der Waals surface area contributed by atoms with Gasteiger partial charge in [0.05, 0.1) is 10.7 Å². The van der Waals surface area contributed by atoms with Gasteiger partial charge in [-0.25, -0.2) is 5.43 Å². The summed E-state index contributed by atoms with van der Waals surface area (Å²) in [6.45, 7) is 1.98. The lowest BCUT2D eigenvalue weighted by Crippen LogP contribution is -2.29. The van der Waals surface area contributed by atoms with Crippen molar-refractivity contribution in [2.75, 3.05) is 0 Å². The van der Waals surface area contributed by atoms with E-state index in [1.165, 1.54) is 6.42 Å². The summed E-state index contributed by atoms with van der Waals surface area (Å²) < 4.78 is 0. The second kappa shape index (κ2) is 7.81. The zero-order valence-electron chi connectivity index (χ0n) is 12.2. The average molecular weight is 327 g/mol. The molecule has 1 aliphatic rings. The van der Waals surface area contributed by atoms with E-state index in [2.05, 4.69) is 10.5 Å². The predicted octanol–water partition coefficient (Wildman–Crippen LogP) is 4.80. The van der Waals surface area contributed by atoms with E-state index in [1.54, 1.807) is 12.1 Å². The Labute approximate surface area is 135 Å². The van der Waals surface area contributed by atoms with E-state index in [0.717, 1.165) is 37.0 Å². The second-order valence-corrected chi connectivity index (χ2v) is 6.19. The number of amides is 1. The molecule has 114 valence electrons. The third kappa shape index (κ3) is 4.45. The minimum absolute atomic E-state index is 0.0192. The number of hydrogen-bond acceptors (Lipinski definition) is 2. The molecular weight excluding hydrogens is 307 g/mol. The summed E-state index contributed by atoms with van der Waals surface area (Å²) in [6.07, 6.45) is 6.10. The summed E-state index contributed by atoms with van der Waals surface area (Å²) in [7, 11) is 0. The first-order valence-corrected chi connectivity index (χ1v) is 8.19. The number of carbonyl (C=O) groups is 1. The minimum atomic E-state index is 0.0192. The maximum Gasteiger partial charge on any atom is 0.243 e.